The number of anilines is 1. The van der Waals surface area contributed by atoms with E-state index < -0.39 is 11.6 Å². The molecule has 1 aromatic heterocycles. The Bertz CT molecular complexity index is 791. The zero-order chi connectivity index (χ0) is 14.4. The third kappa shape index (κ3) is 2.00. The van der Waals surface area contributed by atoms with Crippen molar-refractivity contribution >= 4 is 28.4 Å². The van der Waals surface area contributed by atoms with E-state index in [0.717, 1.165) is 6.07 Å². The summed E-state index contributed by atoms with van der Waals surface area (Å²) in [5, 5.41) is 0.341. The van der Waals surface area contributed by atoms with Crippen molar-refractivity contribution in [2.75, 3.05) is 5.73 Å². The van der Waals surface area contributed by atoms with Crippen molar-refractivity contribution in [3.63, 3.8) is 0 Å². The molecule has 20 heavy (non-hydrogen) atoms. The van der Waals surface area contributed by atoms with Gasteiger partial charge in [0, 0.05) is 12.1 Å². The monoisotopic (exact) mass is 294 g/mol. The maximum atomic E-state index is 13.8. The molecule has 0 unspecified atom stereocenters. The maximum Gasteiger partial charge on any atom is 0.230 e. The Kier molecular flexibility index (Phi) is 2.87. The topological polar surface area (TPSA) is 52.0 Å². The minimum atomic E-state index is -0.737. The number of aryl methyl sites for hydroxylation is 1. The Hall–Kier alpha value is -2.14. The summed E-state index contributed by atoms with van der Waals surface area (Å²) in [5.41, 5.74) is 7.26. The van der Waals surface area contributed by atoms with Crippen molar-refractivity contribution in [1.29, 1.82) is 0 Å². The van der Waals surface area contributed by atoms with Gasteiger partial charge >= 0.3 is 0 Å². The summed E-state index contributed by atoms with van der Waals surface area (Å²) in [6.07, 6.45) is 0. The molecular formula is C14H9ClF2N2O. The van der Waals surface area contributed by atoms with Crippen LogP contribution in [-0.2, 0) is 0 Å². The molecule has 0 saturated heterocycles. The van der Waals surface area contributed by atoms with Gasteiger partial charge in [-0.1, -0.05) is 11.6 Å². The van der Waals surface area contributed by atoms with Crippen LogP contribution in [0.25, 0.3) is 22.6 Å². The number of hydrogen-bond acceptors (Lipinski definition) is 3. The maximum absolute atomic E-state index is 13.8. The molecule has 3 aromatic rings. The van der Waals surface area contributed by atoms with Crippen molar-refractivity contribution < 1.29 is 13.2 Å². The molecule has 102 valence electrons. The smallest absolute Gasteiger partial charge is 0.230 e. The van der Waals surface area contributed by atoms with Crippen LogP contribution in [0.1, 0.15) is 5.56 Å². The largest absolute Gasteiger partial charge is 0.436 e. The van der Waals surface area contributed by atoms with Crippen LogP contribution in [0.15, 0.2) is 28.7 Å². The molecule has 0 aliphatic carbocycles. The van der Waals surface area contributed by atoms with Crippen LogP contribution in [-0.4, -0.2) is 4.98 Å². The minimum Gasteiger partial charge on any atom is -0.436 e. The van der Waals surface area contributed by atoms with Crippen LogP contribution >= 0.6 is 11.6 Å². The van der Waals surface area contributed by atoms with Gasteiger partial charge < -0.3 is 10.2 Å². The van der Waals surface area contributed by atoms with Gasteiger partial charge in [0.25, 0.3) is 0 Å². The lowest BCUT2D eigenvalue weighted by atomic mass is 10.1. The van der Waals surface area contributed by atoms with Crippen LogP contribution in [0.2, 0.25) is 5.02 Å². The van der Waals surface area contributed by atoms with E-state index in [1.165, 1.54) is 25.1 Å². The number of benzene rings is 2. The number of hydrogen-bond donors (Lipinski definition) is 1. The van der Waals surface area contributed by atoms with Crippen LogP contribution in [0, 0.1) is 18.6 Å². The van der Waals surface area contributed by atoms with E-state index in [0.29, 0.717) is 27.4 Å². The van der Waals surface area contributed by atoms with Crippen molar-refractivity contribution in [2.45, 2.75) is 6.92 Å². The zero-order valence-electron chi connectivity index (χ0n) is 10.4. The number of nitrogens with zero attached hydrogens (tertiary/aromatic N) is 1. The molecule has 0 amide bonds. The fourth-order valence-electron chi connectivity index (χ4n) is 1.90. The van der Waals surface area contributed by atoms with E-state index in [-0.39, 0.29) is 11.5 Å². The molecule has 0 atom stereocenters. The molecule has 3 rings (SSSR count). The average Bonchev–Trinajstić information content (AvgIpc) is 2.77. The van der Waals surface area contributed by atoms with E-state index in [9.17, 15) is 8.78 Å². The van der Waals surface area contributed by atoms with Gasteiger partial charge in [0.15, 0.2) is 5.58 Å². The molecule has 0 radical (unpaired) electrons. The molecule has 3 nitrogen and oxygen atoms in total. The highest BCUT2D eigenvalue weighted by Crippen LogP contribution is 2.31. The molecule has 2 aromatic carbocycles. The van der Waals surface area contributed by atoms with E-state index >= 15 is 0 Å². The second-order valence-corrected chi connectivity index (χ2v) is 4.85. The molecule has 0 saturated carbocycles. The average molecular weight is 295 g/mol. The van der Waals surface area contributed by atoms with Gasteiger partial charge in [0.05, 0.1) is 16.3 Å². The normalized spacial score (nSPS) is 11.2. The Morgan fingerprint density at radius 3 is 2.65 bits per heavy atom. The first kappa shape index (κ1) is 12.9. The van der Waals surface area contributed by atoms with Gasteiger partial charge in [-0.2, -0.15) is 0 Å². The van der Waals surface area contributed by atoms with Gasteiger partial charge in [0.2, 0.25) is 5.89 Å². The Morgan fingerprint density at radius 2 is 1.90 bits per heavy atom. The Morgan fingerprint density at radius 1 is 1.15 bits per heavy atom. The van der Waals surface area contributed by atoms with Gasteiger partial charge in [-0.25, -0.2) is 13.8 Å². The summed E-state index contributed by atoms with van der Waals surface area (Å²) in [6, 6.07) is 5.21. The summed E-state index contributed by atoms with van der Waals surface area (Å²) >= 11 is 5.89. The van der Waals surface area contributed by atoms with Crippen molar-refractivity contribution in [3.05, 3.63) is 46.5 Å². The fraction of sp³-hybridized carbons (Fsp3) is 0.0714. The summed E-state index contributed by atoms with van der Waals surface area (Å²) in [5.74, 6) is -1.30. The molecule has 0 bridgehead atoms. The van der Waals surface area contributed by atoms with Crippen molar-refractivity contribution in [3.8, 4) is 11.5 Å². The van der Waals surface area contributed by atoms with Gasteiger partial charge in [0.1, 0.15) is 17.2 Å². The highest BCUT2D eigenvalue weighted by atomic mass is 35.5. The molecule has 2 N–H and O–H groups in total. The second kappa shape index (κ2) is 4.45. The minimum absolute atomic E-state index is 0.0577. The molecule has 0 aliphatic rings. The predicted molar refractivity (Wildman–Crippen MR) is 73.5 cm³/mol. The quantitative estimate of drug-likeness (QED) is 0.680. The standard InChI is InChI=1S/C14H9ClF2N2O/c1-6-2-7(10(17)4-9(6)16)14-19-12-3-8(15)11(18)5-13(12)20-14/h2-5H,18H2,1H3. The Labute approximate surface area is 118 Å². The Balaban J connectivity index is 2.22. The van der Waals surface area contributed by atoms with E-state index in [2.05, 4.69) is 4.98 Å². The molecule has 0 fully saturated rings. The predicted octanol–water partition coefficient (Wildman–Crippen LogP) is 4.32. The summed E-state index contributed by atoms with van der Waals surface area (Å²) in [6.45, 7) is 1.54. The number of fused-ring (bicyclic) bond motifs is 1. The van der Waals surface area contributed by atoms with Crippen LogP contribution < -0.4 is 5.73 Å². The SMILES string of the molecule is Cc1cc(-c2nc3cc(Cl)c(N)cc3o2)c(F)cc1F. The third-order valence-corrected chi connectivity index (χ3v) is 3.31. The van der Waals surface area contributed by atoms with Gasteiger partial charge in [-0.3, -0.25) is 0 Å². The number of nitrogens with two attached hydrogens (primary N) is 1. The molecule has 1 heterocycles. The number of oxazole rings is 1. The number of halogens is 3. The third-order valence-electron chi connectivity index (χ3n) is 2.99. The van der Waals surface area contributed by atoms with Crippen LogP contribution in [0.5, 0.6) is 0 Å². The highest BCUT2D eigenvalue weighted by Gasteiger charge is 2.16. The molecule has 0 spiro atoms. The van der Waals surface area contributed by atoms with E-state index in [4.69, 9.17) is 21.8 Å². The summed E-state index contributed by atoms with van der Waals surface area (Å²) in [7, 11) is 0. The second-order valence-electron chi connectivity index (χ2n) is 4.44. The lowest BCUT2D eigenvalue weighted by molar-refractivity contribution is 0.567. The summed E-state index contributed by atoms with van der Waals surface area (Å²) < 4.78 is 32.5. The lowest BCUT2D eigenvalue weighted by Crippen LogP contribution is -1.90. The number of nitrogen functional groups attached to an aromatic ring is 1. The molecule has 6 heteroatoms. The van der Waals surface area contributed by atoms with E-state index in [1.807, 2.05) is 0 Å². The van der Waals surface area contributed by atoms with Crippen molar-refractivity contribution in [1.82, 2.24) is 4.98 Å². The summed E-state index contributed by atoms with van der Waals surface area (Å²) in [4.78, 5) is 4.15. The van der Waals surface area contributed by atoms with E-state index in [1.54, 1.807) is 0 Å². The first-order chi connectivity index (χ1) is 9.45. The van der Waals surface area contributed by atoms with Crippen LogP contribution in [0.3, 0.4) is 0 Å². The number of aromatic nitrogens is 1. The zero-order valence-corrected chi connectivity index (χ0v) is 11.1. The van der Waals surface area contributed by atoms with Crippen molar-refractivity contribution in [2.24, 2.45) is 0 Å². The number of rotatable bonds is 1. The van der Waals surface area contributed by atoms with Crippen LogP contribution in [0.4, 0.5) is 14.5 Å². The first-order valence-electron chi connectivity index (χ1n) is 5.77. The fourth-order valence-corrected chi connectivity index (χ4v) is 2.06. The van der Waals surface area contributed by atoms with Gasteiger partial charge in [-0.15, -0.1) is 0 Å². The first-order valence-corrected chi connectivity index (χ1v) is 6.15. The molecule has 0 aliphatic heterocycles. The molecular weight excluding hydrogens is 286 g/mol. The lowest BCUT2D eigenvalue weighted by Gasteiger charge is -2.01. The van der Waals surface area contributed by atoms with Gasteiger partial charge in [-0.05, 0) is 24.6 Å². The highest BCUT2D eigenvalue weighted by molar-refractivity contribution is 6.33.